The second kappa shape index (κ2) is 8.45. The molecule has 2 heterocycles. The maximum absolute atomic E-state index is 12.9. The van der Waals surface area contributed by atoms with Crippen molar-refractivity contribution < 1.29 is 14.3 Å². The normalized spacial score (nSPS) is 17.4. The minimum atomic E-state index is -0.394. The number of ketones is 1. The van der Waals surface area contributed by atoms with Crippen LogP contribution in [0.1, 0.15) is 48.9 Å². The molecular weight excluding hydrogens is 406 g/mol. The summed E-state index contributed by atoms with van der Waals surface area (Å²) in [4.78, 5) is 12.9. The zero-order valence-electron chi connectivity index (χ0n) is 18.2. The van der Waals surface area contributed by atoms with Gasteiger partial charge >= 0.3 is 0 Å². The highest BCUT2D eigenvalue weighted by molar-refractivity contribution is 5.99. The van der Waals surface area contributed by atoms with E-state index in [4.69, 9.17) is 9.47 Å². The van der Waals surface area contributed by atoms with E-state index in [1.807, 2.05) is 37.3 Å². The third-order valence-corrected chi connectivity index (χ3v) is 5.79. The van der Waals surface area contributed by atoms with Gasteiger partial charge in [-0.2, -0.15) is 4.68 Å². The van der Waals surface area contributed by atoms with E-state index in [9.17, 15) is 4.79 Å². The van der Waals surface area contributed by atoms with E-state index in [0.717, 1.165) is 35.2 Å². The molecule has 3 aromatic rings. The molecule has 0 saturated carbocycles. The number of hydrogen-bond acceptors (Lipinski definition) is 7. The number of benzene rings is 2. The Morgan fingerprint density at radius 1 is 1.12 bits per heavy atom. The number of rotatable bonds is 6. The Morgan fingerprint density at radius 3 is 2.88 bits per heavy atom. The fourth-order valence-corrected chi connectivity index (χ4v) is 4.37. The lowest BCUT2D eigenvalue weighted by atomic mass is 9.85. The Kier molecular flexibility index (Phi) is 5.34. The van der Waals surface area contributed by atoms with Crippen LogP contribution < -0.4 is 14.8 Å². The van der Waals surface area contributed by atoms with Gasteiger partial charge in [0.15, 0.2) is 17.3 Å². The summed E-state index contributed by atoms with van der Waals surface area (Å²) >= 11 is 0. The molecule has 5 rings (SSSR count). The molecule has 2 aliphatic rings. The molecule has 32 heavy (non-hydrogen) atoms. The molecule has 164 valence electrons. The van der Waals surface area contributed by atoms with Crippen LogP contribution in [0.15, 0.2) is 53.7 Å². The van der Waals surface area contributed by atoms with E-state index < -0.39 is 6.04 Å². The van der Waals surface area contributed by atoms with Crippen molar-refractivity contribution in [2.75, 3.05) is 11.9 Å². The lowest BCUT2D eigenvalue weighted by Crippen LogP contribution is -2.31. The molecule has 0 bridgehead atoms. The van der Waals surface area contributed by atoms with Gasteiger partial charge in [0.2, 0.25) is 5.95 Å². The van der Waals surface area contributed by atoms with E-state index in [1.165, 1.54) is 5.56 Å². The number of nitrogens with zero attached hydrogens (tertiary/aromatic N) is 4. The van der Waals surface area contributed by atoms with Crippen LogP contribution in [0.4, 0.5) is 5.95 Å². The van der Waals surface area contributed by atoms with Crippen molar-refractivity contribution in [3.8, 4) is 11.5 Å². The molecule has 8 nitrogen and oxygen atoms in total. The highest BCUT2D eigenvalue weighted by Crippen LogP contribution is 2.41. The number of carbonyl (C=O) groups excluding carboxylic acids is 1. The van der Waals surface area contributed by atoms with Crippen molar-refractivity contribution >= 4 is 11.7 Å². The summed E-state index contributed by atoms with van der Waals surface area (Å²) < 4.78 is 13.7. The van der Waals surface area contributed by atoms with Gasteiger partial charge in [0.1, 0.15) is 12.6 Å². The monoisotopic (exact) mass is 431 g/mol. The van der Waals surface area contributed by atoms with Crippen LogP contribution in [0.25, 0.3) is 0 Å². The summed E-state index contributed by atoms with van der Waals surface area (Å²) in [6.45, 7) is 4.94. The van der Waals surface area contributed by atoms with Gasteiger partial charge in [0.05, 0.1) is 6.61 Å². The number of hydrogen-bond donors (Lipinski definition) is 1. The minimum absolute atomic E-state index is 0.127. The topological polar surface area (TPSA) is 91.2 Å². The number of aromatic nitrogens is 4. The minimum Gasteiger partial charge on any atom is -0.490 e. The number of tetrazole rings is 1. The van der Waals surface area contributed by atoms with Crippen molar-refractivity contribution in [1.82, 2.24) is 20.2 Å². The lowest BCUT2D eigenvalue weighted by molar-refractivity contribution is -0.116. The number of carbonyl (C=O) groups is 1. The zero-order chi connectivity index (χ0) is 22.1. The second-order valence-corrected chi connectivity index (χ2v) is 8.06. The van der Waals surface area contributed by atoms with Gasteiger partial charge in [-0.1, -0.05) is 41.0 Å². The first kappa shape index (κ1) is 20.2. The SMILES string of the molecule is CCOc1cc(C2C3=C(CCCC3=O)Nc3nnnn32)ccc1OCc1cccc(C)c1. The number of fused-ring (bicyclic) bond motifs is 1. The molecular formula is C24H25N5O3. The quantitative estimate of drug-likeness (QED) is 0.631. The van der Waals surface area contributed by atoms with Crippen LogP contribution >= 0.6 is 0 Å². The molecule has 1 aromatic heterocycles. The number of allylic oxidation sites excluding steroid dienone is 2. The highest BCUT2D eigenvalue weighted by Gasteiger charge is 2.37. The van der Waals surface area contributed by atoms with Crippen LogP contribution in [0, 0.1) is 6.92 Å². The van der Waals surface area contributed by atoms with E-state index in [1.54, 1.807) is 4.68 Å². The molecule has 1 aliphatic heterocycles. The molecule has 0 saturated heterocycles. The summed E-state index contributed by atoms with van der Waals surface area (Å²) in [6.07, 6.45) is 2.17. The summed E-state index contributed by atoms with van der Waals surface area (Å²) in [5.74, 6) is 1.96. The average molecular weight is 431 g/mol. The number of Topliss-reactive ketones (excluding diaryl/α,β-unsaturated/α-hetero) is 1. The summed E-state index contributed by atoms with van der Waals surface area (Å²) in [6, 6.07) is 13.6. The molecule has 1 N–H and O–H groups in total. The molecule has 1 unspecified atom stereocenters. The zero-order valence-corrected chi connectivity index (χ0v) is 18.2. The number of anilines is 1. The van der Waals surface area contributed by atoms with Gasteiger partial charge in [-0.05, 0) is 60.4 Å². The van der Waals surface area contributed by atoms with Crippen LogP contribution in [0.3, 0.4) is 0 Å². The van der Waals surface area contributed by atoms with Crippen molar-refractivity contribution in [1.29, 1.82) is 0 Å². The molecule has 0 amide bonds. The van der Waals surface area contributed by atoms with E-state index in [0.29, 0.717) is 37.1 Å². The Balaban J connectivity index is 1.50. The van der Waals surface area contributed by atoms with Crippen molar-refractivity contribution in [2.45, 2.75) is 45.8 Å². The van der Waals surface area contributed by atoms with Crippen molar-refractivity contribution in [3.63, 3.8) is 0 Å². The van der Waals surface area contributed by atoms with Gasteiger partial charge in [0.25, 0.3) is 0 Å². The Labute approximate surface area is 186 Å². The Bertz CT molecular complexity index is 1200. The third kappa shape index (κ3) is 3.72. The standard InChI is InChI=1S/C24H25N5O3/c1-3-31-21-13-17(10-11-20(21)32-14-16-7-4-6-15(2)12-16)23-22-18(8-5-9-19(22)30)25-24-26-27-28-29(23)24/h4,6-7,10-13,23H,3,5,8-9,14H2,1-2H3,(H,25,26,28). The molecule has 0 fully saturated rings. The summed E-state index contributed by atoms with van der Waals surface area (Å²) in [5.41, 5.74) is 4.80. The molecule has 1 atom stereocenters. The van der Waals surface area contributed by atoms with Gasteiger partial charge < -0.3 is 14.8 Å². The van der Waals surface area contributed by atoms with Gasteiger partial charge in [0, 0.05) is 17.7 Å². The molecule has 2 aromatic carbocycles. The predicted molar refractivity (Wildman–Crippen MR) is 119 cm³/mol. The fourth-order valence-electron chi connectivity index (χ4n) is 4.37. The number of nitrogens with one attached hydrogen (secondary N) is 1. The summed E-state index contributed by atoms with van der Waals surface area (Å²) in [7, 11) is 0. The Hall–Kier alpha value is -3.68. The first-order valence-electron chi connectivity index (χ1n) is 10.9. The van der Waals surface area contributed by atoms with Crippen LogP contribution in [0.2, 0.25) is 0 Å². The largest absolute Gasteiger partial charge is 0.490 e. The summed E-state index contributed by atoms with van der Waals surface area (Å²) in [5, 5.41) is 15.3. The fraction of sp³-hybridized carbons (Fsp3) is 0.333. The van der Waals surface area contributed by atoms with E-state index in [2.05, 4.69) is 39.9 Å². The van der Waals surface area contributed by atoms with Crippen LogP contribution in [-0.2, 0) is 11.4 Å². The first-order chi connectivity index (χ1) is 15.6. The lowest BCUT2D eigenvalue weighted by Gasteiger charge is -2.31. The molecule has 0 spiro atoms. The predicted octanol–water partition coefficient (Wildman–Crippen LogP) is 3.98. The molecule has 8 heteroatoms. The second-order valence-electron chi connectivity index (χ2n) is 8.06. The number of ether oxygens (including phenoxy) is 2. The van der Waals surface area contributed by atoms with Gasteiger partial charge in [-0.15, -0.1) is 0 Å². The maximum atomic E-state index is 12.9. The smallest absolute Gasteiger partial charge is 0.248 e. The first-order valence-corrected chi connectivity index (χ1v) is 10.9. The third-order valence-electron chi connectivity index (χ3n) is 5.79. The molecule has 0 radical (unpaired) electrons. The highest BCUT2D eigenvalue weighted by atomic mass is 16.5. The average Bonchev–Trinajstić information content (AvgIpc) is 3.25. The van der Waals surface area contributed by atoms with Crippen LogP contribution in [0.5, 0.6) is 11.5 Å². The molecule has 1 aliphatic carbocycles. The number of aryl methyl sites for hydroxylation is 1. The van der Waals surface area contributed by atoms with Gasteiger partial charge in [-0.25, -0.2) is 0 Å². The van der Waals surface area contributed by atoms with Crippen LogP contribution in [-0.4, -0.2) is 32.6 Å². The van der Waals surface area contributed by atoms with Gasteiger partial charge in [-0.3, -0.25) is 4.79 Å². The van der Waals surface area contributed by atoms with Crippen molar-refractivity contribution in [3.05, 3.63) is 70.4 Å². The van der Waals surface area contributed by atoms with E-state index in [-0.39, 0.29) is 5.78 Å². The Morgan fingerprint density at radius 2 is 2.03 bits per heavy atom. The van der Waals surface area contributed by atoms with E-state index >= 15 is 0 Å². The van der Waals surface area contributed by atoms with Crippen molar-refractivity contribution in [2.24, 2.45) is 0 Å². The maximum Gasteiger partial charge on any atom is 0.248 e.